The molecule has 0 saturated carbocycles. The van der Waals surface area contributed by atoms with Crippen molar-refractivity contribution in [3.63, 3.8) is 0 Å². The third-order valence-electron chi connectivity index (χ3n) is 5.79. The summed E-state index contributed by atoms with van der Waals surface area (Å²) in [5, 5.41) is 15.3. The van der Waals surface area contributed by atoms with E-state index in [-0.39, 0.29) is 48.4 Å². The highest BCUT2D eigenvalue weighted by molar-refractivity contribution is 7.89. The van der Waals surface area contributed by atoms with E-state index in [1.165, 1.54) is 50.3 Å². The number of ether oxygens (including phenoxy) is 2. The predicted molar refractivity (Wildman–Crippen MR) is 122 cm³/mol. The summed E-state index contributed by atoms with van der Waals surface area (Å²) in [6, 6.07) is 12.0. The Kier molecular flexibility index (Phi) is 5.86. The Morgan fingerprint density at radius 3 is 2.46 bits per heavy atom. The molecule has 2 aromatic carbocycles. The number of benzene rings is 2. The third kappa shape index (κ3) is 4.42. The standard InChI is InChI=1S/C22H21N5O7S/c28-22(19-6-7-26(23-19)16-2-1-3-17(14-16)27(29)30)24-8-10-25(11-9-24)35(31,32)18-4-5-20-21(15-18)34-13-12-33-20/h1-7,14-15H,8-13H2. The normalized spacial score (nSPS) is 16.2. The number of nitro groups is 1. The van der Waals surface area contributed by atoms with Crippen LogP contribution in [-0.4, -0.2) is 77.6 Å². The fourth-order valence-corrected chi connectivity index (χ4v) is 5.40. The zero-order chi connectivity index (χ0) is 24.6. The summed E-state index contributed by atoms with van der Waals surface area (Å²) in [4.78, 5) is 25.1. The molecule has 0 N–H and O–H groups in total. The van der Waals surface area contributed by atoms with Gasteiger partial charge in [0.1, 0.15) is 13.2 Å². The van der Waals surface area contributed by atoms with E-state index < -0.39 is 14.9 Å². The van der Waals surface area contributed by atoms with E-state index in [2.05, 4.69) is 5.10 Å². The first-order valence-electron chi connectivity index (χ1n) is 10.8. The summed E-state index contributed by atoms with van der Waals surface area (Å²) >= 11 is 0. The minimum Gasteiger partial charge on any atom is -0.486 e. The van der Waals surface area contributed by atoms with E-state index in [0.717, 1.165) is 0 Å². The van der Waals surface area contributed by atoms with E-state index in [1.807, 2.05) is 0 Å². The summed E-state index contributed by atoms with van der Waals surface area (Å²) in [7, 11) is -3.77. The molecule has 1 saturated heterocycles. The smallest absolute Gasteiger partial charge is 0.274 e. The first-order chi connectivity index (χ1) is 16.8. The lowest BCUT2D eigenvalue weighted by atomic mass is 10.3. The maximum atomic E-state index is 13.1. The average molecular weight is 500 g/mol. The molecular weight excluding hydrogens is 478 g/mol. The minimum atomic E-state index is -3.77. The molecule has 12 nitrogen and oxygen atoms in total. The fraction of sp³-hybridized carbons (Fsp3) is 0.273. The van der Waals surface area contributed by atoms with Crippen molar-refractivity contribution in [3.05, 3.63) is 70.5 Å². The van der Waals surface area contributed by atoms with Gasteiger partial charge in [-0.3, -0.25) is 14.9 Å². The van der Waals surface area contributed by atoms with E-state index >= 15 is 0 Å². The Hall–Kier alpha value is -3.97. The van der Waals surface area contributed by atoms with Crippen LogP contribution in [0.2, 0.25) is 0 Å². The van der Waals surface area contributed by atoms with Crippen molar-refractivity contribution in [1.82, 2.24) is 19.0 Å². The summed E-state index contributed by atoms with van der Waals surface area (Å²) in [5.41, 5.74) is 0.537. The summed E-state index contributed by atoms with van der Waals surface area (Å²) < 4.78 is 39.9. The molecule has 0 aliphatic carbocycles. The highest BCUT2D eigenvalue weighted by Crippen LogP contribution is 2.33. The molecule has 1 amide bonds. The van der Waals surface area contributed by atoms with Gasteiger partial charge >= 0.3 is 0 Å². The number of amides is 1. The van der Waals surface area contributed by atoms with Crippen molar-refractivity contribution in [2.24, 2.45) is 0 Å². The highest BCUT2D eigenvalue weighted by Gasteiger charge is 2.32. The monoisotopic (exact) mass is 499 g/mol. The first kappa shape index (κ1) is 22.8. The maximum Gasteiger partial charge on any atom is 0.274 e. The average Bonchev–Trinajstić information content (AvgIpc) is 3.38. The summed E-state index contributed by atoms with van der Waals surface area (Å²) in [6.45, 7) is 1.44. The minimum absolute atomic E-state index is 0.0822. The van der Waals surface area contributed by atoms with Gasteiger partial charge in [-0.2, -0.15) is 9.40 Å². The predicted octanol–water partition coefficient (Wildman–Crippen LogP) is 1.70. The molecule has 13 heteroatoms. The highest BCUT2D eigenvalue weighted by atomic mass is 32.2. The number of hydrogen-bond acceptors (Lipinski definition) is 8. The van der Waals surface area contributed by atoms with Crippen LogP contribution in [0.15, 0.2) is 59.6 Å². The quantitative estimate of drug-likeness (QED) is 0.382. The number of fused-ring (bicyclic) bond motifs is 1. The van der Waals surface area contributed by atoms with Crippen molar-refractivity contribution >= 4 is 21.6 Å². The lowest BCUT2D eigenvalue weighted by molar-refractivity contribution is -0.384. The van der Waals surface area contributed by atoms with Gasteiger partial charge in [-0.15, -0.1) is 0 Å². The van der Waals surface area contributed by atoms with Gasteiger partial charge in [0, 0.05) is 50.6 Å². The molecule has 5 rings (SSSR count). The lowest BCUT2D eigenvalue weighted by Gasteiger charge is -2.33. The number of nitrogens with zero attached hydrogens (tertiary/aromatic N) is 5. The number of non-ortho nitro benzene ring substituents is 1. The molecule has 0 spiro atoms. The van der Waals surface area contributed by atoms with Crippen molar-refractivity contribution in [1.29, 1.82) is 0 Å². The number of aromatic nitrogens is 2. The van der Waals surface area contributed by atoms with Gasteiger partial charge in [0.15, 0.2) is 17.2 Å². The molecule has 3 aromatic rings. The van der Waals surface area contributed by atoms with Gasteiger partial charge in [0.2, 0.25) is 10.0 Å². The van der Waals surface area contributed by atoms with Crippen LogP contribution in [0.5, 0.6) is 11.5 Å². The van der Waals surface area contributed by atoms with Crippen LogP contribution in [0.3, 0.4) is 0 Å². The maximum absolute atomic E-state index is 13.1. The summed E-state index contributed by atoms with van der Waals surface area (Å²) in [6.07, 6.45) is 1.55. The molecular formula is C22H21N5O7S. The molecule has 2 aliphatic rings. The van der Waals surface area contributed by atoms with Crippen LogP contribution in [0.25, 0.3) is 5.69 Å². The molecule has 182 valence electrons. The van der Waals surface area contributed by atoms with Gasteiger partial charge in [-0.05, 0) is 24.3 Å². The summed E-state index contributed by atoms with van der Waals surface area (Å²) in [5.74, 6) is 0.561. The first-order valence-corrected chi connectivity index (χ1v) is 12.3. The number of nitro benzene ring substituents is 1. The van der Waals surface area contributed by atoms with E-state index in [1.54, 1.807) is 18.3 Å². The zero-order valence-electron chi connectivity index (χ0n) is 18.4. The van der Waals surface area contributed by atoms with Crippen LogP contribution in [0.1, 0.15) is 10.5 Å². The van der Waals surface area contributed by atoms with Crippen LogP contribution in [-0.2, 0) is 10.0 Å². The van der Waals surface area contributed by atoms with E-state index in [9.17, 15) is 23.3 Å². The second kappa shape index (κ2) is 9.00. The number of sulfonamides is 1. The molecule has 0 radical (unpaired) electrons. The van der Waals surface area contributed by atoms with Crippen molar-refractivity contribution in [3.8, 4) is 17.2 Å². The zero-order valence-corrected chi connectivity index (χ0v) is 19.3. The number of rotatable bonds is 5. The molecule has 2 aliphatic heterocycles. The van der Waals surface area contributed by atoms with Gasteiger partial charge in [-0.25, -0.2) is 13.1 Å². The van der Waals surface area contributed by atoms with Crippen LogP contribution >= 0.6 is 0 Å². The molecule has 1 aromatic heterocycles. The molecule has 0 atom stereocenters. The third-order valence-corrected chi connectivity index (χ3v) is 7.69. The molecule has 1 fully saturated rings. The van der Waals surface area contributed by atoms with Crippen molar-refractivity contribution in [2.75, 3.05) is 39.4 Å². The Morgan fingerprint density at radius 1 is 0.971 bits per heavy atom. The lowest BCUT2D eigenvalue weighted by Crippen LogP contribution is -2.50. The number of carbonyl (C=O) groups is 1. The van der Waals surface area contributed by atoms with Crippen molar-refractivity contribution < 1.29 is 27.6 Å². The SMILES string of the molecule is O=C(c1ccn(-c2cccc([N+](=O)[O-])c2)n1)N1CCN(S(=O)(=O)c2ccc3c(c2)OCCO3)CC1. The largest absolute Gasteiger partial charge is 0.486 e. The van der Waals surface area contributed by atoms with Gasteiger partial charge in [-0.1, -0.05) is 6.07 Å². The van der Waals surface area contributed by atoms with Gasteiger partial charge in [0.05, 0.1) is 15.5 Å². The number of hydrogen-bond donors (Lipinski definition) is 0. The van der Waals surface area contributed by atoms with E-state index in [0.29, 0.717) is 30.4 Å². The van der Waals surface area contributed by atoms with Gasteiger partial charge in [0.25, 0.3) is 11.6 Å². The topological polar surface area (TPSA) is 137 Å². The number of carbonyl (C=O) groups excluding carboxylic acids is 1. The van der Waals surface area contributed by atoms with Crippen molar-refractivity contribution in [2.45, 2.75) is 4.90 Å². The molecule has 35 heavy (non-hydrogen) atoms. The Balaban J connectivity index is 1.26. The van der Waals surface area contributed by atoms with Crippen LogP contribution in [0, 0.1) is 10.1 Å². The number of piperazine rings is 1. The van der Waals surface area contributed by atoms with Gasteiger partial charge < -0.3 is 14.4 Å². The Morgan fingerprint density at radius 2 is 1.71 bits per heavy atom. The molecule has 0 unspecified atom stereocenters. The van der Waals surface area contributed by atoms with E-state index in [4.69, 9.17) is 9.47 Å². The van der Waals surface area contributed by atoms with Crippen LogP contribution < -0.4 is 9.47 Å². The Labute approximate surface area is 200 Å². The molecule has 3 heterocycles. The second-order valence-electron chi connectivity index (χ2n) is 7.92. The Bertz CT molecular complexity index is 1400. The molecule has 0 bridgehead atoms. The van der Waals surface area contributed by atoms with Crippen LogP contribution in [0.4, 0.5) is 5.69 Å². The fourth-order valence-electron chi connectivity index (χ4n) is 3.96. The second-order valence-corrected chi connectivity index (χ2v) is 9.86.